The molecule has 0 heterocycles. The highest BCUT2D eigenvalue weighted by atomic mass is 32.3. The second-order valence-electron chi connectivity index (χ2n) is 0.601. The van der Waals surface area contributed by atoms with Crippen LogP contribution in [0, 0.1) is 0 Å². The van der Waals surface area contributed by atoms with Crippen molar-refractivity contribution in [2.24, 2.45) is 0 Å². The van der Waals surface area contributed by atoms with Gasteiger partial charge in [-0.05, 0) is 0 Å². The zero-order valence-electron chi connectivity index (χ0n) is 3.03. The van der Waals surface area contributed by atoms with E-state index in [1.807, 2.05) is 0 Å². The molecule has 0 radical (unpaired) electrons. The average Bonchev–Trinajstić information content (AvgIpc) is 1.30. The minimum atomic E-state index is -4.79. The van der Waals surface area contributed by atoms with Gasteiger partial charge in [0.05, 0.1) is 0 Å². The highest BCUT2D eigenvalue weighted by molar-refractivity contribution is 7.81. The van der Waals surface area contributed by atoms with E-state index < -0.39 is 16.9 Å². The van der Waals surface area contributed by atoms with Crippen LogP contribution in [0.2, 0.25) is 0 Å². The molecule has 0 unspecified atom stereocenters. The molecule has 0 N–H and O–H groups in total. The van der Waals surface area contributed by atoms with Crippen LogP contribution < -0.4 is 0 Å². The lowest BCUT2D eigenvalue weighted by molar-refractivity contribution is -0.120. The second kappa shape index (κ2) is 3.39. The van der Waals surface area contributed by atoms with Gasteiger partial charge in [0.1, 0.15) is 0 Å². The first-order valence-electron chi connectivity index (χ1n) is 1.14. The number of rotatable bonds is 2. The molecule has 8 heavy (non-hydrogen) atoms. The molecule has 0 aliphatic heterocycles. The summed E-state index contributed by atoms with van der Waals surface area (Å²) in [5.41, 5.74) is 0. The van der Waals surface area contributed by atoms with Crippen molar-refractivity contribution in [1.29, 1.82) is 0 Å². The molecule has 0 aromatic rings. The van der Waals surface area contributed by atoms with E-state index in [0.717, 1.165) is 0 Å². The standard InChI is InChI=1S/CH2O5S.CH4/c2-1-6-7(3,4)5;/h1H,(H,3,4,5);1H4/p-1. The van der Waals surface area contributed by atoms with Crippen molar-refractivity contribution in [1.82, 2.24) is 0 Å². The molecule has 0 spiro atoms. The lowest BCUT2D eigenvalue weighted by Gasteiger charge is -1.98. The summed E-state index contributed by atoms with van der Waals surface area (Å²) >= 11 is 0. The molecule has 0 bridgehead atoms. The third kappa shape index (κ3) is 9.03. The predicted molar refractivity (Wildman–Crippen MR) is 23.6 cm³/mol. The fourth-order valence-corrected chi connectivity index (χ4v) is 0.144. The second-order valence-corrected chi connectivity index (χ2v) is 1.61. The van der Waals surface area contributed by atoms with Gasteiger partial charge in [-0.1, -0.05) is 7.43 Å². The predicted octanol–water partition coefficient (Wildman–Crippen LogP) is -0.744. The molecule has 0 fully saturated rings. The van der Waals surface area contributed by atoms with Gasteiger partial charge in [0, 0.05) is 0 Å². The molecular formula is C2H5O5S-. The van der Waals surface area contributed by atoms with Crippen LogP contribution in [-0.4, -0.2) is 19.4 Å². The van der Waals surface area contributed by atoms with Gasteiger partial charge in [-0.2, -0.15) is 0 Å². The fraction of sp³-hybridized carbons (Fsp3) is 0.500. The van der Waals surface area contributed by atoms with Gasteiger partial charge in [-0.3, -0.25) is 4.79 Å². The maximum atomic E-state index is 9.22. The van der Waals surface area contributed by atoms with E-state index >= 15 is 0 Å². The van der Waals surface area contributed by atoms with Crippen molar-refractivity contribution in [3.8, 4) is 0 Å². The SMILES string of the molecule is C.O=COS(=O)(=O)[O-]. The molecule has 0 aliphatic carbocycles. The molecule has 50 valence electrons. The highest BCUT2D eigenvalue weighted by Gasteiger charge is 1.85. The first kappa shape index (κ1) is 10.4. The Bertz CT molecular complexity index is 144. The van der Waals surface area contributed by atoms with Crippen molar-refractivity contribution >= 4 is 16.9 Å². The summed E-state index contributed by atoms with van der Waals surface area (Å²) in [4.78, 5) is 9.02. The van der Waals surface area contributed by atoms with Crippen molar-refractivity contribution in [3.63, 3.8) is 0 Å². The molecule has 0 aromatic carbocycles. The summed E-state index contributed by atoms with van der Waals surface area (Å²) in [6.07, 6.45) is 0. The van der Waals surface area contributed by atoms with E-state index in [-0.39, 0.29) is 7.43 Å². The van der Waals surface area contributed by atoms with E-state index in [4.69, 9.17) is 4.79 Å². The molecule has 6 heteroatoms. The summed E-state index contributed by atoms with van der Waals surface area (Å²) in [5, 5.41) is 0. The Morgan fingerprint density at radius 2 is 1.88 bits per heavy atom. The molecular weight excluding hydrogens is 136 g/mol. The van der Waals surface area contributed by atoms with E-state index in [1.54, 1.807) is 0 Å². The van der Waals surface area contributed by atoms with Crippen LogP contribution in [0.1, 0.15) is 7.43 Å². The Balaban J connectivity index is 0. The molecule has 0 aliphatic rings. The number of hydrogen-bond donors (Lipinski definition) is 0. The zero-order valence-corrected chi connectivity index (χ0v) is 3.84. The van der Waals surface area contributed by atoms with Crippen molar-refractivity contribution < 1.29 is 21.9 Å². The minimum absolute atomic E-state index is 0. The molecule has 5 nitrogen and oxygen atoms in total. The summed E-state index contributed by atoms with van der Waals surface area (Å²) < 4.78 is 30.6. The summed E-state index contributed by atoms with van der Waals surface area (Å²) in [6, 6.07) is 0. The topological polar surface area (TPSA) is 83.5 Å². The minimum Gasteiger partial charge on any atom is -0.716 e. The van der Waals surface area contributed by atoms with Gasteiger partial charge in [0.2, 0.25) is 0 Å². The molecule has 0 aromatic heterocycles. The third-order valence-electron chi connectivity index (χ3n) is 0.157. The first-order valence-corrected chi connectivity index (χ1v) is 2.47. The van der Waals surface area contributed by atoms with Crippen LogP contribution >= 0.6 is 0 Å². The van der Waals surface area contributed by atoms with E-state index in [1.165, 1.54) is 0 Å². The largest absolute Gasteiger partial charge is 0.716 e. The van der Waals surface area contributed by atoms with Gasteiger partial charge in [0.15, 0.2) is 0 Å². The van der Waals surface area contributed by atoms with Crippen LogP contribution in [0.15, 0.2) is 0 Å². The smallest absolute Gasteiger partial charge is 0.308 e. The van der Waals surface area contributed by atoms with E-state index in [2.05, 4.69) is 4.18 Å². The van der Waals surface area contributed by atoms with E-state index in [9.17, 15) is 13.0 Å². The van der Waals surface area contributed by atoms with Crippen LogP contribution in [0.5, 0.6) is 0 Å². The van der Waals surface area contributed by atoms with Gasteiger partial charge in [-0.25, -0.2) is 8.42 Å². The Kier molecular flexibility index (Phi) is 4.40. The Morgan fingerprint density at radius 1 is 1.50 bits per heavy atom. The number of carbonyl (C=O) groups is 1. The van der Waals surface area contributed by atoms with Crippen LogP contribution in [-0.2, 0) is 19.4 Å². The van der Waals surface area contributed by atoms with Crippen molar-refractivity contribution in [3.05, 3.63) is 0 Å². The van der Waals surface area contributed by atoms with Gasteiger partial charge in [0.25, 0.3) is 10.4 Å². The summed E-state index contributed by atoms with van der Waals surface area (Å²) in [7, 11) is -4.79. The lowest BCUT2D eigenvalue weighted by atomic mass is 11.7. The third-order valence-corrected chi connectivity index (χ3v) is 0.471. The Labute approximate surface area is 47.2 Å². The molecule has 0 atom stereocenters. The van der Waals surface area contributed by atoms with Gasteiger partial charge >= 0.3 is 6.47 Å². The van der Waals surface area contributed by atoms with Crippen molar-refractivity contribution in [2.75, 3.05) is 0 Å². The zero-order chi connectivity index (χ0) is 5.91. The molecule has 0 saturated carbocycles. The van der Waals surface area contributed by atoms with Crippen LogP contribution in [0.25, 0.3) is 0 Å². The fourth-order valence-electron chi connectivity index (χ4n) is 0.0481. The maximum Gasteiger partial charge on any atom is 0.308 e. The van der Waals surface area contributed by atoms with Gasteiger partial charge in [-0.15, -0.1) is 0 Å². The van der Waals surface area contributed by atoms with E-state index in [0.29, 0.717) is 0 Å². The number of hydrogen-bond acceptors (Lipinski definition) is 5. The van der Waals surface area contributed by atoms with Crippen molar-refractivity contribution in [2.45, 2.75) is 7.43 Å². The lowest BCUT2D eigenvalue weighted by Crippen LogP contribution is -2.00. The molecule has 0 rings (SSSR count). The monoisotopic (exact) mass is 141 g/mol. The molecule has 0 saturated heterocycles. The normalized spacial score (nSPS) is 9.12. The first-order chi connectivity index (χ1) is 3.06. The number of carbonyl (C=O) groups excluding carboxylic acids is 1. The summed E-state index contributed by atoms with van der Waals surface area (Å²) in [5.74, 6) is 0. The highest BCUT2D eigenvalue weighted by Crippen LogP contribution is 1.76. The average molecular weight is 141 g/mol. The molecule has 0 amide bonds. The van der Waals surface area contributed by atoms with Gasteiger partial charge < -0.3 is 8.74 Å². The quantitative estimate of drug-likeness (QED) is 0.287. The Hall–Kier alpha value is -0.620. The van der Waals surface area contributed by atoms with Crippen LogP contribution in [0.3, 0.4) is 0 Å². The van der Waals surface area contributed by atoms with Crippen LogP contribution in [0.4, 0.5) is 0 Å². The summed E-state index contributed by atoms with van der Waals surface area (Å²) in [6.45, 7) is -0.442. The maximum absolute atomic E-state index is 9.22. The Morgan fingerprint density at radius 3 is 1.88 bits per heavy atom.